The molecule has 12 heavy (non-hydrogen) atoms. The van der Waals surface area contributed by atoms with Gasteiger partial charge in [0.25, 0.3) is 0 Å². The maximum Gasteiger partial charge on any atom is 0.0696 e. The molecule has 1 nitrogen and oxygen atoms in total. The van der Waals surface area contributed by atoms with Gasteiger partial charge in [-0.1, -0.05) is 23.6 Å². The fourth-order valence-electron chi connectivity index (χ4n) is 0.898. The summed E-state index contributed by atoms with van der Waals surface area (Å²) in [7, 11) is 0. The lowest BCUT2D eigenvalue weighted by Gasteiger charge is -1.99. The van der Waals surface area contributed by atoms with Crippen LogP contribution in [0.3, 0.4) is 0 Å². The van der Waals surface area contributed by atoms with E-state index < -0.39 is 0 Å². The molecule has 1 rings (SSSR count). The van der Waals surface area contributed by atoms with Crippen LogP contribution in [0.1, 0.15) is 18.1 Å². The first-order valence-corrected chi connectivity index (χ1v) is 3.97. The lowest BCUT2D eigenvalue weighted by molar-refractivity contribution is 0.282. The fourth-order valence-corrected chi connectivity index (χ4v) is 1.14. The summed E-state index contributed by atoms with van der Waals surface area (Å²) in [5.41, 5.74) is 1.61. The Labute approximate surface area is 77.0 Å². The topological polar surface area (TPSA) is 20.2 Å². The van der Waals surface area contributed by atoms with Gasteiger partial charge in [-0.05, 0) is 24.6 Å². The molecule has 0 saturated heterocycles. The van der Waals surface area contributed by atoms with Gasteiger partial charge in [-0.3, -0.25) is 0 Å². The first kappa shape index (κ1) is 9.12. The third kappa shape index (κ3) is 2.01. The molecular formula is C10H9ClO. The molecule has 0 bridgehead atoms. The zero-order valence-corrected chi connectivity index (χ0v) is 7.52. The summed E-state index contributed by atoms with van der Waals surface area (Å²) in [6.45, 7) is 1.74. The largest absolute Gasteiger partial charge is 0.392 e. The van der Waals surface area contributed by atoms with Gasteiger partial charge in [0.15, 0.2) is 0 Å². The quantitative estimate of drug-likeness (QED) is 0.657. The first-order chi connectivity index (χ1) is 5.77. The van der Waals surface area contributed by atoms with Crippen LogP contribution in [0.5, 0.6) is 0 Å². The second-order valence-corrected chi connectivity index (χ2v) is 2.75. The van der Waals surface area contributed by atoms with E-state index in [9.17, 15) is 0 Å². The number of aliphatic hydroxyl groups excluding tert-OH is 1. The van der Waals surface area contributed by atoms with Gasteiger partial charge in [0.2, 0.25) is 0 Å². The van der Waals surface area contributed by atoms with Crippen molar-refractivity contribution in [2.75, 3.05) is 0 Å². The Kier molecular flexibility index (Phi) is 3.16. The van der Waals surface area contributed by atoms with Crippen LogP contribution in [0.4, 0.5) is 0 Å². The van der Waals surface area contributed by atoms with E-state index in [0.29, 0.717) is 5.02 Å². The van der Waals surface area contributed by atoms with Crippen molar-refractivity contribution in [3.8, 4) is 11.8 Å². The van der Waals surface area contributed by atoms with Crippen molar-refractivity contribution >= 4 is 11.6 Å². The molecule has 0 saturated carbocycles. The SMILES string of the molecule is CC#Cc1ccc(CO)c(Cl)c1. The Bertz CT molecular complexity index is 333. The zero-order valence-electron chi connectivity index (χ0n) is 6.76. The number of hydrogen-bond donors (Lipinski definition) is 1. The molecular weight excluding hydrogens is 172 g/mol. The molecule has 0 unspecified atom stereocenters. The maximum atomic E-state index is 8.82. The van der Waals surface area contributed by atoms with E-state index in [0.717, 1.165) is 11.1 Å². The van der Waals surface area contributed by atoms with E-state index in [1.807, 2.05) is 6.07 Å². The van der Waals surface area contributed by atoms with Crippen LogP contribution < -0.4 is 0 Å². The molecule has 62 valence electrons. The summed E-state index contributed by atoms with van der Waals surface area (Å²) in [6, 6.07) is 5.37. The van der Waals surface area contributed by atoms with Gasteiger partial charge in [-0.25, -0.2) is 0 Å². The number of halogens is 1. The molecule has 0 fully saturated rings. The van der Waals surface area contributed by atoms with Crippen LogP contribution >= 0.6 is 11.6 Å². The minimum absolute atomic E-state index is 0.0291. The summed E-state index contributed by atoms with van der Waals surface area (Å²) in [5.74, 6) is 5.66. The molecule has 1 aromatic carbocycles. The van der Waals surface area contributed by atoms with Crippen molar-refractivity contribution in [3.63, 3.8) is 0 Å². The molecule has 0 aliphatic heterocycles. The molecule has 0 atom stereocenters. The van der Waals surface area contributed by atoms with Crippen LogP contribution in [-0.4, -0.2) is 5.11 Å². The molecule has 0 radical (unpaired) electrons. The summed E-state index contributed by atoms with van der Waals surface area (Å²) >= 11 is 5.84. The molecule has 0 spiro atoms. The summed E-state index contributed by atoms with van der Waals surface area (Å²) in [6.07, 6.45) is 0. The van der Waals surface area contributed by atoms with E-state index in [1.54, 1.807) is 19.1 Å². The predicted octanol–water partition coefficient (Wildman–Crippen LogP) is 2.20. The zero-order chi connectivity index (χ0) is 8.97. The monoisotopic (exact) mass is 180 g/mol. The van der Waals surface area contributed by atoms with Crippen LogP contribution in [0.2, 0.25) is 5.02 Å². The van der Waals surface area contributed by atoms with E-state index in [4.69, 9.17) is 16.7 Å². The van der Waals surface area contributed by atoms with Gasteiger partial charge in [0.05, 0.1) is 6.61 Å². The molecule has 0 aliphatic rings. The Hall–Kier alpha value is -0.970. The van der Waals surface area contributed by atoms with Gasteiger partial charge in [0, 0.05) is 10.6 Å². The smallest absolute Gasteiger partial charge is 0.0696 e. The average molecular weight is 181 g/mol. The molecule has 1 aromatic rings. The second kappa shape index (κ2) is 4.15. The number of aliphatic hydroxyl groups is 1. The normalized spacial score (nSPS) is 8.92. The van der Waals surface area contributed by atoms with Crippen molar-refractivity contribution < 1.29 is 5.11 Å². The molecule has 0 aliphatic carbocycles. The minimum atomic E-state index is -0.0291. The summed E-state index contributed by atoms with van der Waals surface area (Å²) < 4.78 is 0. The molecule has 1 N–H and O–H groups in total. The molecule has 0 heterocycles. The first-order valence-electron chi connectivity index (χ1n) is 3.60. The van der Waals surface area contributed by atoms with Crippen molar-refractivity contribution in [2.45, 2.75) is 13.5 Å². The number of hydrogen-bond acceptors (Lipinski definition) is 1. The van der Waals surface area contributed by atoms with Gasteiger partial charge in [-0.2, -0.15) is 0 Å². The Balaban J connectivity index is 3.07. The van der Waals surface area contributed by atoms with Gasteiger partial charge in [-0.15, -0.1) is 5.92 Å². The fraction of sp³-hybridized carbons (Fsp3) is 0.200. The van der Waals surface area contributed by atoms with Crippen LogP contribution in [0.25, 0.3) is 0 Å². The Morgan fingerprint density at radius 3 is 2.75 bits per heavy atom. The highest BCUT2D eigenvalue weighted by Crippen LogP contribution is 2.17. The molecule has 0 aromatic heterocycles. The highest BCUT2D eigenvalue weighted by Gasteiger charge is 1.98. The minimum Gasteiger partial charge on any atom is -0.392 e. The maximum absolute atomic E-state index is 8.82. The Morgan fingerprint density at radius 2 is 2.25 bits per heavy atom. The summed E-state index contributed by atoms with van der Waals surface area (Å²) in [4.78, 5) is 0. The highest BCUT2D eigenvalue weighted by atomic mass is 35.5. The van der Waals surface area contributed by atoms with E-state index >= 15 is 0 Å². The Morgan fingerprint density at radius 1 is 1.50 bits per heavy atom. The van der Waals surface area contributed by atoms with Crippen molar-refractivity contribution in [1.29, 1.82) is 0 Å². The van der Waals surface area contributed by atoms with E-state index in [1.165, 1.54) is 0 Å². The van der Waals surface area contributed by atoms with Crippen LogP contribution in [0, 0.1) is 11.8 Å². The predicted molar refractivity (Wildman–Crippen MR) is 49.9 cm³/mol. The van der Waals surface area contributed by atoms with E-state index in [2.05, 4.69) is 11.8 Å². The van der Waals surface area contributed by atoms with Crippen LogP contribution in [0.15, 0.2) is 18.2 Å². The van der Waals surface area contributed by atoms with E-state index in [-0.39, 0.29) is 6.61 Å². The van der Waals surface area contributed by atoms with Crippen molar-refractivity contribution in [3.05, 3.63) is 34.3 Å². The standard InChI is InChI=1S/C10H9ClO/c1-2-3-8-4-5-9(7-12)10(11)6-8/h4-6,12H,7H2,1H3. The lowest BCUT2D eigenvalue weighted by atomic mass is 10.1. The average Bonchev–Trinajstić information content (AvgIpc) is 2.05. The van der Waals surface area contributed by atoms with Crippen molar-refractivity contribution in [1.82, 2.24) is 0 Å². The number of rotatable bonds is 1. The second-order valence-electron chi connectivity index (χ2n) is 2.34. The van der Waals surface area contributed by atoms with Gasteiger partial charge < -0.3 is 5.11 Å². The van der Waals surface area contributed by atoms with Gasteiger partial charge in [0.1, 0.15) is 0 Å². The molecule has 0 amide bonds. The van der Waals surface area contributed by atoms with Crippen molar-refractivity contribution in [2.24, 2.45) is 0 Å². The number of benzene rings is 1. The van der Waals surface area contributed by atoms with Gasteiger partial charge >= 0.3 is 0 Å². The lowest BCUT2D eigenvalue weighted by Crippen LogP contribution is -1.85. The third-order valence-corrected chi connectivity index (χ3v) is 1.84. The third-order valence-electron chi connectivity index (χ3n) is 1.49. The van der Waals surface area contributed by atoms with Crippen LogP contribution in [-0.2, 0) is 6.61 Å². The summed E-state index contributed by atoms with van der Waals surface area (Å²) in [5, 5.41) is 9.39. The molecule has 2 heteroatoms. The highest BCUT2D eigenvalue weighted by molar-refractivity contribution is 6.31.